The van der Waals surface area contributed by atoms with Crippen LogP contribution in [-0.2, 0) is 6.54 Å². The molecule has 96 valence electrons. The molecule has 1 aliphatic carbocycles. The highest BCUT2D eigenvalue weighted by Crippen LogP contribution is 2.37. The van der Waals surface area contributed by atoms with Gasteiger partial charge in [0.25, 0.3) is 0 Å². The van der Waals surface area contributed by atoms with Crippen molar-refractivity contribution in [3.05, 3.63) is 23.3 Å². The maximum atomic E-state index is 4.74. The third-order valence-corrected chi connectivity index (χ3v) is 3.86. The van der Waals surface area contributed by atoms with Crippen molar-refractivity contribution in [2.75, 3.05) is 7.05 Å². The first-order valence-corrected chi connectivity index (χ1v) is 6.78. The van der Waals surface area contributed by atoms with Gasteiger partial charge in [-0.25, -0.2) is 9.97 Å². The Morgan fingerprint density at radius 2 is 2.11 bits per heavy atom. The molecule has 1 fully saturated rings. The Balaban J connectivity index is 2.16. The number of aromatic amines is 1. The number of aryl methyl sites for hydroxylation is 1. The molecule has 1 saturated carbocycles. The second kappa shape index (κ2) is 4.69. The number of H-pyrrole nitrogens is 1. The fourth-order valence-electron chi connectivity index (χ4n) is 3.07. The smallest absolute Gasteiger partial charge is 0.141 e. The molecule has 0 atom stereocenters. The number of aromatic nitrogens is 3. The first-order valence-electron chi connectivity index (χ1n) is 6.78. The van der Waals surface area contributed by atoms with Crippen LogP contribution in [0.3, 0.4) is 0 Å². The standard InChI is InChI=1S/C14H20N4/c1-9-17-13(10-5-3-4-6-10)12-11(7-15-2)8-16-14(12)18-9/h8,10,15H,3-7H2,1-2H3,(H,16,17,18). The van der Waals surface area contributed by atoms with Crippen molar-refractivity contribution in [1.29, 1.82) is 0 Å². The van der Waals surface area contributed by atoms with Crippen LogP contribution < -0.4 is 5.32 Å². The Labute approximate surface area is 107 Å². The zero-order valence-electron chi connectivity index (χ0n) is 11.1. The highest BCUT2D eigenvalue weighted by Gasteiger charge is 2.23. The summed E-state index contributed by atoms with van der Waals surface area (Å²) in [7, 11) is 1.98. The highest BCUT2D eigenvalue weighted by atomic mass is 15.0. The second-order valence-corrected chi connectivity index (χ2v) is 5.21. The molecule has 0 spiro atoms. The van der Waals surface area contributed by atoms with Crippen molar-refractivity contribution >= 4 is 11.0 Å². The molecule has 0 radical (unpaired) electrons. The Kier molecular flexibility index (Phi) is 3.04. The van der Waals surface area contributed by atoms with E-state index in [2.05, 4.69) is 21.5 Å². The molecule has 0 aliphatic heterocycles. The molecule has 2 N–H and O–H groups in total. The third-order valence-electron chi connectivity index (χ3n) is 3.86. The number of fused-ring (bicyclic) bond motifs is 1. The third kappa shape index (κ3) is 1.90. The summed E-state index contributed by atoms with van der Waals surface area (Å²) in [6.45, 7) is 2.85. The average molecular weight is 244 g/mol. The summed E-state index contributed by atoms with van der Waals surface area (Å²) in [5, 5.41) is 4.47. The number of hydrogen-bond donors (Lipinski definition) is 2. The molecule has 18 heavy (non-hydrogen) atoms. The van der Waals surface area contributed by atoms with Crippen LogP contribution in [0.5, 0.6) is 0 Å². The summed E-state index contributed by atoms with van der Waals surface area (Å²) < 4.78 is 0. The zero-order valence-corrected chi connectivity index (χ0v) is 11.1. The minimum absolute atomic E-state index is 0.626. The minimum atomic E-state index is 0.626. The van der Waals surface area contributed by atoms with Gasteiger partial charge in [-0.05, 0) is 32.4 Å². The Hall–Kier alpha value is -1.42. The molecule has 2 heterocycles. The monoisotopic (exact) mass is 244 g/mol. The first kappa shape index (κ1) is 11.7. The average Bonchev–Trinajstić information content (AvgIpc) is 2.98. The van der Waals surface area contributed by atoms with E-state index in [0.29, 0.717) is 5.92 Å². The zero-order chi connectivity index (χ0) is 12.5. The molecular weight excluding hydrogens is 224 g/mol. The molecule has 0 bridgehead atoms. The lowest BCUT2D eigenvalue weighted by atomic mass is 9.99. The van der Waals surface area contributed by atoms with Crippen LogP contribution in [0, 0.1) is 6.92 Å². The van der Waals surface area contributed by atoms with Gasteiger partial charge >= 0.3 is 0 Å². The van der Waals surface area contributed by atoms with Crippen molar-refractivity contribution in [3.63, 3.8) is 0 Å². The van der Waals surface area contributed by atoms with Crippen LogP contribution in [0.1, 0.15) is 48.7 Å². The molecule has 3 rings (SSSR count). The molecule has 2 aromatic heterocycles. The predicted octanol–water partition coefficient (Wildman–Crippen LogP) is 2.64. The van der Waals surface area contributed by atoms with Gasteiger partial charge in [0.2, 0.25) is 0 Å². The van der Waals surface area contributed by atoms with Crippen molar-refractivity contribution in [1.82, 2.24) is 20.3 Å². The number of nitrogens with zero attached hydrogens (tertiary/aromatic N) is 2. The molecule has 4 heteroatoms. The van der Waals surface area contributed by atoms with E-state index in [9.17, 15) is 0 Å². The number of rotatable bonds is 3. The Morgan fingerprint density at radius 1 is 1.33 bits per heavy atom. The lowest BCUT2D eigenvalue weighted by Gasteiger charge is -2.12. The summed E-state index contributed by atoms with van der Waals surface area (Å²) in [4.78, 5) is 12.5. The molecule has 0 amide bonds. The summed E-state index contributed by atoms with van der Waals surface area (Å²) >= 11 is 0. The van der Waals surface area contributed by atoms with Crippen LogP contribution in [0.25, 0.3) is 11.0 Å². The van der Waals surface area contributed by atoms with E-state index >= 15 is 0 Å². The molecule has 4 nitrogen and oxygen atoms in total. The quantitative estimate of drug-likeness (QED) is 0.872. The van der Waals surface area contributed by atoms with Gasteiger partial charge in [0.1, 0.15) is 11.5 Å². The highest BCUT2D eigenvalue weighted by molar-refractivity contribution is 5.82. The summed E-state index contributed by atoms with van der Waals surface area (Å²) in [6.07, 6.45) is 7.28. The Bertz CT molecular complexity index is 552. The van der Waals surface area contributed by atoms with Crippen molar-refractivity contribution < 1.29 is 0 Å². The van der Waals surface area contributed by atoms with Gasteiger partial charge in [0.05, 0.1) is 5.69 Å². The van der Waals surface area contributed by atoms with Crippen LogP contribution in [0.4, 0.5) is 0 Å². The summed E-state index contributed by atoms with van der Waals surface area (Å²) in [5.41, 5.74) is 3.55. The predicted molar refractivity (Wildman–Crippen MR) is 72.6 cm³/mol. The van der Waals surface area contributed by atoms with E-state index in [1.54, 1.807) is 0 Å². The minimum Gasteiger partial charge on any atom is -0.346 e. The van der Waals surface area contributed by atoms with Crippen LogP contribution >= 0.6 is 0 Å². The van der Waals surface area contributed by atoms with Gasteiger partial charge < -0.3 is 10.3 Å². The second-order valence-electron chi connectivity index (χ2n) is 5.21. The van der Waals surface area contributed by atoms with E-state index in [4.69, 9.17) is 4.98 Å². The SMILES string of the molecule is CNCc1c[nH]c2nc(C)nc(C3CCCC3)c12. The van der Waals surface area contributed by atoms with Crippen molar-refractivity contribution in [2.24, 2.45) is 0 Å². The van der Waals surface area contributed by atoms with Gasteiger partial charge in [-0.2, -0.15) is 0 Å². The van der Waals surface area contributed by atoms with Gasteiger partial charge in [-0.15, -0.1) is 0 Å². The maximum Gasteiger partial charge on any atom is 0.141 e. The lowest BCUT2D eigenvalue weighted by molar-refractivity contribution is 0.697. The molecule has 0 unspecified atom stereocenters. The summed E-state index contributed by atoms with van der Waals surface area (Å²) in [5.74, 6) is 1.50. The van der Waals surface area contributed by atoms with Crippen molar-refractivity contribution in [2.45, 2.75) is 45.1 Å². The lowest BCUT2D eigenvalue weighted by Crippen LogP contribution is -2.07. The molecule has 0 aromatic carbocycles. The van der Waals surface area contributed by atoms with Gasteiger partial charge in [0.15, 0.2) is 0 Å². The summed E-state index contributed by atoms with van der Waals surface area (Å²) in [6, 6.07) is 0. The van der Waals surface area contributed by atoms with Gasteiger partial charge in [-0.1, -0.05) is 12.8 Å². The van der Waals surface area contributed by atoms with Crippen LogP contribution in [-0.4, -0.2) is 22.0 Å². The van der Waals surface area contributed by atoms with E-state index in [0.717, 1.165) is 18.0 Å². The van der Waals surface area contributed by atoms with E-state index in [1.807, 2.05) is 14.0 Å². The van der Waals surface area contributed by atoms with Crippen LogP contribution in [0.15, 0.2) is 6.20 Å². The fraction of sp³-hybridized carbons (Fsp3) is 0.571. The van der Waals surface area contributed by atoms with E-state index in [1.165, 1.54) is 42.3 Å². The molecular formula is C14H20N4. The fourth-order valence-corrected chi connectivity index (χ4v) is 3.07. The number of nitrogens with one attached hydrogen (secondary N) is 2. The van der Waals surface area contributed by atoms with E-state index in [-0.39, 0.29) is 0 Å². The largest absolute Gasteiger partial charge is 0.346 e. The molecule has 1 aliphatic rings. The van der Waals surface area contributed by atoms with Crippen LogP contribution in [0.2, 0.25) is 0 Å². The Morgan fingerprint density at radius 3 is 2.83 bits per heavy atom. The topological polar surface area (TPSA) is 53.6 Å². The van der Waals surface area contributed by atoms with E-state index < -0.39 is 0 Å². The molecule has 0 saturated heterocycles. The van der Waals surface area contributed by atoms with Gasteiger partial charge in [0, 0.05) is 24.0 Å². The van der Waals surface area contributed by atoms with Crippen molar-refractivity contribution in [3.8, 4) is 0 Å². The van der Waals surface area contributed by atoms with Gasteiger partial charge in [-0.3, -0.25) is 0 Å². The maximum absolute atomic E-state index is 4.74. The normalized spacial score (nSPS) is 16.8. The number of hydrogen-bond acceptors (Lipinski definition) is 3. The molecule has 2 aromatic rings. The first-order chi connectivity index (χ1) is 8.79.